The quantitative estimate of drug-likeness (QED) is 0.520. The van der Waals surface area contributed by atoms with Crippen molar-refractivity contribution in [2.75, 3.05) is 7.11 Å². The van der Waals surface area contributed by atoms with Gasteiger partial charge in [-0.05, 0) is 13.3 Å². The van der Waals surface area contributed by atoms with Gasteiger partial charge in [-0.15, -0.1) is 0 Å². The van der Waals surface area contributed by atoms with Crippen molar-refractivity contribution in [2.45, 2.75) is 25.0 Å². The van der Waals surface area contributed by atoms with E-state index < -0.39 is 39.1 Å². The molecule has 0 rings (SSSR count). The molecule has 0 aliphatic carbocycles. The van der Waals surface area contributed by atoms with Crippen molar-refractivity contribution in [3.8, 4) is 0 Å². The van der Waals surface area contributed by atoms with E-state index in [-0.39, 0.29) is 0 Å². The summed E-state index contributed by atoms with van der Waals surface area (Å²) in [6, 6.07) is 0. The maximum absolute atomic E-state index is 11.4. The van der Waals surface area contributed by atoms with Crippen molar-refractivity contribution in [3.63, 3.8) is 0 Å². The maximum atomic E-state index is 11.4. The third-order valence-corrected chi connectivity index (χ3v) is 4.32. The number of carbonyl (C=O) groups excluding carboxylic acids is 1. The molecule has 0 saturated heterocycles. The Kier molecular flexibility index (Phi) is 4.45. The Balaban J connectivity index is 5.86. The van der Waals surface area contributed by atoms with Crippen LogP contribution in [0.15, 0.2) is 0 Å². The molecule has 0 saturated carbocycles. The largest absolute Gasteiger partial charge is 0.481 e. The van der Waals surface area contributed by atoms with Crippen LogP contribution in [0.4, 0.5) is 0 Å². The second-order valence-corrected chi connectivity index (χ2v) is 4.95. The molecule has 0 aromatic carbocycles. The molecule has 0 aromatic rings. The van der Waals surface area contributed by atoms with Gasteiger partial charge in [0.1, 0.15) is 0 Å². The topological polar surface area (TPSA) is 118 Å². The number of methoxy groups -OCH3 is 1. The predicted molar refractivity (Wildman–Crippen MR) is 53.4 cm³/mol. The first-order chi connectivity index (χ1) is 7.15. The second-order valence-electron chi connectivity index (χ2n) is 3.27. The molecule has 0 amide bonds. The average molecular weight is 254 g/mol. The number of aliphatic carboxylic acids is 1. The fraction of sp³-hybridized carbons (Fsp3) is 0.750. The lowest BCUT2D eigenvalue weighted by Gasteiger charge is -2.29. The van der Waals surface area contributed by atoms with Gasteiger partial charge in [-0.1, -0.05) is 6.92 Å². The summed E-state index contributed by atoms with van der Waals surface area (Å²) in [5.41, 5.74) is 0. The summed E-state index contributed by atoms with van der Waals surface area (Å²) in [5.74, 6) is -4.41. The van der Waals surface area contributed by atoms with E-state index in [4.69, 9.17) is 9.66 Å². The highest BCUT2D eigenvalue weighted by Crippen LogP contribution is 2.31. The Bertz CT molecular complexity index is 385. The van der Waals surface area contributed by atoms with Crippen molar-refractivity contribution in [1.82, 2.24) is 0 Å². The van der Waals surface area contributed by atoms with Crippen LogP contribution in [0.5, 0.6) is 0 Å². The zero-order valence-electron chi connectivity index (χ0n) is 9.13. The smallest absolute Gasteiger partial charge is 0.330 e. The average Bonchev–Trinajstić information content (AvgIpc) is 2.16. The Labute approximate surface area is 93.2 Å². The first-order valence-corrected chi connectivity index (χ1v) is 5.87. The summed E-state index contributed by atoms with van der Waals surface area (Å²) in [5, 5.41) is 8.77. The molecule has 8 heteroatoms. The van der Waals surface area contributed by atoms with Crippen LogP contribution in [-0.4, -0.2) is 41.9 Å². The van der Waals surface area contributed by atoms with Crippen molar-refractivity contribution in [2.24, 2.45) is 5.92 Å². The Morgan fingerprint density at radius 2 is 1.88 bits per heavy atom. The lowest BCUT2D eigenvalue weighted by molar-refractivity contribution is -0.153. The number of ether oxygens (including phenoxy) is 1. The van der Waals surface area contributed by atoms with Gasteiger partial charge in [0.15, 0.2) is 0 Å². The van der Waals surface area contributed by atoms with E-state index in [1.54, 1.807) is 0 Å². The van der Waals surface area contributed by atoms with Crippen LogP contribution in [0.2, 0.25) is 0 Å². The SMILES string of the molecule is CCC(C(=O)OC)(C(C)C(=O)O)S(=O)(=O)O. The minimum Gasteiger partial charge on any atom is -0.481 e. The molecule has 0 spiro atoms. The third-order valence-electron chi connectivity index (χ3n) is 2.59. The predicted octanol–water partition coefficient (Wildman–Crippen LogP) is -0.0833. The van der Waals surface area contributed by atoms with E-state index in [1.165, 1.54) is 6.92 Å². The van der Waals surface area contributed by atoms with Gasteiger partial charge in [0, 0.05) is 0 Å². The van der Waals surface area contributed by atoms with Gasteiger partial charge in [-0.25, -0.2) is 0 Å². The molecule has 0 heterocycles. The van der Waals surface area contributed by atoms with E-state index in [0.717, 1.165) is 14.0 Å². The monoisotopic (exact) mass is 254 g/mol. The number of hydrogen-bond donors (Lipinski definition) is 2. The first-order valence-electron chi connectivity index (χ1n) is 4.43. The molecule has 0 aliphatic heterocycles. The molecule has 0 fully saturated rings. The second kappa shape index (κ2) is 4.79. The third kappa shape index (κ3) is 2.17. The fourth-order valence-corrected chi connectivity index (χ4v) is 2.72. The summed E-state index contributed by atoms with van der Waals surface area (Å²) in [4.78, 5) is 22.2. The summed E-state index contributed by atoms with van der Waals surface area (Å²) in [6.45, 7) is 2.31. The highest BCUT2D eigenvalue weighted by atomic mass is 32.2. The van der Waals surface area contributed by atoms with Crippen LogP contribution in [-0.2, 0) is 24.4 Å². The van der Waals surface area contributed by atoms with Crippen molar-refractivity contribution in [3.05, 3.63) is 0 Å². The van der Waals surface area contributed by atoms with Gasteiger partial charge >= 0.3 is 11.9 Å². The summed E-state index contributed by atoms with van der Waals surface area (Å²) >= 11 is 0. The standard InChI is InChI=1S/C8H14O7S/c1-4-8(7(11)15-3,16(12,13)14)5(2)6(9)10/h5H,4H2,1-3H3,(H,9,10)(H,12,13,14). The highest BCUT2D eigenvalue weighted by molar-refractivity contribution is 7.88. The number of hydrogen-bond acceptors (Lipinski definition) is 5. The summed E-state index contributed by atoms with van der Waals surface area (Å²) < 4.78 is 33.3. The van der Waals surface area contributed by atoms with Crippen LogP contribution < -0.4 is 0 Å². The summed E-state index contributed by atoms with van der Waals surface area (Å²) in [6.07, 6.45) is -0.397. The van der Waals surface area contributed by atoms with E-state index in [9.17, 15) is 18.0 Å². The van der Waals surface area contributed by atoms with Crippen LogP contribution in [0, 0.1) is 5.92 Å². The molecular formula is C8H14O7S. The van der Waals surface area contributed by atoms with Crippen molar-refractivity contribution >= 4 is 22.1 Å². The lowest BCUT2D eigenvalue weighted by Crippen LogP contribution is -2.54. The van der Waals surface area contributed by atoms with Crippen LogP contribution in [0.25, 0.3) is 0 Å². The molecule has 0 bridgehead atoms. The molecule has 2 atom stereocenters. The van der Waals surface area contributed by atoms with E-state index in [2.05, 4.69) is 4.74 Å². The minimum atomic E-state index is -4.89. The van der Waals surface area contributed by atoms with Gasteiger partial charge in [0.2, 0.25) is 4.75 Å². The minimum absolute atomic E-state index is 0.397. The first kappa shape index (κ1) is 14.8. The van der Waals surface area contributed by atoms with Gasteiger partial charge in [-0.3, -0.25) is 14.1 Å². The molecule has 2 N–H and O–H groups in total. The summed E-state index contributed by atoms with van der Waals surface area (Å²) in [7, 11) is -3.96. The number of carbonyl (C=O) groups is 2. The van der Waals surface area contributed by atoms with Crippen LogP contribution >= 0.6 is 0 Å². The number of rotatable bonds is 5. The van der Waals surface area contributed by atoms with Crippen LogP contribution in [0.3, 0.4) is 0 Å². The molecule has 0 aromatic heterocycles. The molecule has 7 nitrogen and oxygen atoms in total. The highest BCUT2D eigenvalue weighted by Gasteiger charge is 2.57. The van der Waals surface area contributed by atoms with Crippen LogP contribution in [0.1, 0.15) is 20.3 Å². The number of esters is 1. The fourth-order valence-electron chi connectivity index (χ4n) is 1.51. The Morgan fingerprint density at radius 3 is 2.06 bits per heavy atom. The number of carboxylic acid groups (broad SMARTS) is 1. The van der Waals surface area contributed by atoms with Crippen molar-refractivity contribution < 1.29 is 32.4 Å². The molecule has 94 valence electrons. The Hall–Kier alpha value is -1.15. The Morgan fingerprint density at radius 1 is 1.44 bits per heavy atom. The lowest BCUT2D eigenvalue weighted by atomic mass is 9.90. The van der Waals surface area contributed by atoms with Crippen molar-refractivity contribution in [1.29, 1.82) is 0 Å². The van der Waals surface area contributed by atoms with E-state index >= 15 is 0 Å². The molecule has 0 aliphatic rings. The zero-order chi connectivity index (χ0) is 13.1. The van der Waals surface area contributed by atoms with Gasteiger partial charge < -0.3 is 9.84 Å². The van der Waals surface area contributed by atoms with Gasteiger partial charge in [0.05, 0.1) is 13.0 Å². The normalized spacial score (nSPS) is 17.2. The van der Waals surface area contributed by atoms with E-state index in [1.807, 2.05) is 0 Å². The number of carboxylic acids is 1. The molecule has 16 heavy (non-hydrogen) atoms. The zero-order valence-corrected chi connectivity index (χ0v) is 9.94. The maximum Gasteiger partial charge on any atom is 0.330 e. The van der Waals surface area contributed by atoms with Gasteiger partial charge in [0.25, 0.3) is 10.1 Å². The van der Waals surface area contributed by atoms with Gasteiger partial charge in [-0.2, -0.15) is 8.42 Å². The van der Waals surface area contributed by atoms with E-state index in [0.29, 0.717) is 0 Å². The molecular weight excluding hydrogens is 240 g/mol. The molecule has 0 radical (unpaired) electrons. The molecule has 2 unspecified atom stereocenters.